The van der Waals surface area contributed by atoms with Crippen molar-refractivity contribution in [3.63, 3.8) is 0 Å². The summed E-state index contributed by atoms with van der Waals surface area (Å²) in [5, 5.41) is 10.6. The highest BCUT2D eigenvalue weighted by molar-refractivity contribution is 5.45. The Kier molecular flexibility index (Phi) is 7.53. The van der Waals surface area contributed by atoms with Gasteiger partial charge in [0.1, 0.15) is 0 Å². The summed E-state index contributed by atoms with van der Waals surface area (Å²) >= 11 is 0. The second-order valence-electron chi connectivity index (χ2n) is 9.54. The molecule has 0 spiro atoms. The minimum absolute atomic E-state index is 0.321. The van der Waals surface area contributed by atoms with Crippen LogP contribution in [0.2, 0.25) is 0 Å². The summed E-state index contributed by atoms with van der Waals surface area (Å²) in [5.41, 5.74) is 2.84. The third kappa shape index (κ3) is 6.32. The second kappa shape index (κ2) is 11.1. The van der Waals surface area contributed by atoms with Crippen LogP contribution in [0.15, 0.2) is 24.3 Å². The predicted molar refractivity (Wildman–Crippen MR) is 132 cm³/mol. The molecule has 33 heavy (non-hydrogen) atoms. The van der Waals surface area contributed by atoms with Crippen LogP contribution in [0.5, 0.6) is 0 Å². The molecule has 0 bridgehead atoms. The van der Waals surface area contributed by atoms with Crippen molar-refractivity contribution in [3.05, 3.63) is 35.4 Å². The number of benzene rings is 1. The molecule has 2 aromatic rings. The second-order valence-corrected chi connectivity index (χ2v) is 9.54. The van der Waals surface area contributed by atoms with Gasteiger partial charge >= 0.3 is 0 Å². The van der Waals surface area contributed by atoms with E-state index in [0.29, 0.717) is 29.9 Å². The molecule has 0 atom stereocenters. The number of morpholine rings is 1. The Hall–Kier alpha value is -2.45. The molecule has 8 heteroatoms. The van der Waals surface area contributed by atoms with E-state index < -0.39 is 0 Å². The molecule has 3 N–H and O–H groups in total. The number of fused-ring (bicyclic) bond motifs is 1. The molecule has 178 valence electrons. The maximum atomic E-state index is 5.44. The van der Waals surface area contributed by atoms with Crippen molar-refractivity contribution in [1.82, 2.24) is 19.9 Å². The van der Waals surface area contributed by atoms with Crippen LogP contribution in [0.4, 0.5) is 17.8 Å². The van der Waals surface area contributed by atoms with Gasteiger partial charge in [-0.05, 0) is 49.8 Å². The number of hydrogen-bond donors (Lipinski definition) is 3. The fraction of sp³-hybridized carbons (Fsp3) is 0.640. The van der Waals surface area contributed by atoms with Crippen molar-refractivity contribution in [1.29, 1.82) is 0 Å². The number of ether oxygens (including phenoxy) is 1. The lowest BCUT2D eigenvalue weighted by Crippen LogP contribution is -2.37. The van der Waals surface area contributed by atoms with Gasteiger partial charge in [0.15, 0.2) is 0 Å². The first-order chi connectivity index (χ1) is 16.3. The molecule has 3 aliphatic rings. The smallest absolute Gasteiger partial charge is 0.229 e. The van der Waals surface area contributed by atoms with Crippen LogP contribution in [0.3, 0.4) is 0 Å². The zero-order valence-corrected chi connectivity index (χ0v) is 19.6. The van der Waals surface area contributed by atoms with E-state index in [-0.39, 0.29) is 0 Å². The summed E-state index contributed by atoms with van der Waals surface area (Å²) < 4.78 is 5.44. The number of nitrogens with one attached hydrogen (secondary N) is 3. The molecule has 1 saturated carbocycles. The van der Waals surface area contributed by atoms with Crippen molar-refractivity contribution in [2.24, 2.45) is 0 Å². The van der Waals surface area contributed by atoms with Crippen LogP contribution >= 0.6 is 0 Å². The molecule has 0 unspecified atom stereocenters. The Balaban J connectivity index is 1.21. The van der Waals surface area contributed by atoms with Crippen LogP contribution in [-0.4, -0.2) is 71.3 Å². The minimum Gasteiger partial charge on any atom is -0.379 e. The molecular weight excluding hydrogens is 414 g/mol. The quantitative estimate of drug-likeness (QED) is 0.501. The van der Waals surface area contributed by atoms with Gasteiger partial charge in [0.25, 0.3) is 0 Å². The van der Waals surface area contributed by atoms with E-state index in [9.17, 15) is 0 Å². The molecule has 1 aromatic heterocycles. The predicted octanol–water partition coefficient (Wildman–Crippen LogP) is 3.33. The van der Waals surface area contributed by atoms with E-state index in [2.05, 4.69) is 45.1 Å². The monoisotopic (exact) mass is 451 g/mol. The van der Waals surface area contributed by atoms with E-state index in [1.165, 1.54) is 43.2 Å². The summed E-state index contributed by atoms with van der Waals surface area (Å²) in [4.78, 5) is 16.6. The fourth-order valence-corrected chi connectivity index (χ4v) is 5.18. The first-order valence-corrected chi connectivity index (χ1v) is 12.7. The Morgan fingerprint density at radius 3 is 2.15 bits per heavy atom. The molecule has 5 rings (SSSR count). The third-order valence-corrected chi connectivity index (χ3v) is 7.00. The Bertz CT molecular complexity index is 871. The first kappa shape index (κ1) is 22.3. The Morgan fingerprint density at radius 1 is 0.818 bits per heavy atom. The van der Waals surface area contributed by atoms with Gasteiger partial charge < -0.3 is 20.7 Å². The fourth-order valence-electron chi connectivity index (χ4n) is 5.18. The van der Waals surface area contributed by atoms with E-state index in [1.54, 1.807) is 0 Å². The number of anilines is 3. The summed E-state index contributed by atoms with van der Waals surface area (Å²) in [6, 6.07) is 9.47. The van der Waals surface area contributed by atoms with E-state index in [0.717, 1.165) is 58.7 Å². The van der Waals surface area contributed by atoms with Gasteiger partial charge in [0.05, 0.1) is 13.2 Å². The van der Waals surface area contributed by atoms with Crippen molar-refractivity contribution < 1.29 is 4.74 Å². The van der Waals surface area contributed by atoms with Crippen LogP contribution in [-0.2, 0) is 17.6 Å². The van der Waals surface area contributed by atoms with Crippen molar-refractivity contribution in [2.75, 3.05) is 55.3 Å². The van der Waals surface area contributed by atoms with Gasteiger partial charge in [-0.25, -0.2) is 0 Å². The van der Waals surface area contributed by atoms with Crippen LogP contribution in [0.25, 0.3) is 0 Å². The molecule has 2 aliphatic carbocycles. The van der Waals surface area contributed by atoms with Gasteiger partial charge in [-0.3, -0.25) is 4.90 Å². The summed E-state index contributed by atoms with van der Waals surface area (Å²) in [6.45, 7) is 5.66. The lowest BCUT2D eigenvalue weighted by atomic mass is 9.96. The number of hydrogen-bond acceptors (Lipinski definition) is 8. The molecule has 0 radical (unpaired) electrons. The zero-order valence-electron chi connectivity index (χ0n) is 19.6. The van der Waals surface area contributed by atoms with Crippen molar-refractivity contribution >= 4 is 17.8 Å². The summed E-state index contributed by atoms with van der Waals surface area (Å²) in [7, 11) is 0. The Labute approximate surface area is 196 Å². The lowest BCUT2D eigenvalue weighted by Gasteiger charge is -2.26. The van der Waals surface area contributed by atoms with Gasteiger partial charge in [0, 0.05) is 31.7 Å². The normalized spacial score (nSPS) is 19.9. The molecule has 1 aliphatic heterocycles. The molecule has 2 heterocycles. The lowest BCUT2D eigenvalue weighted by molar-refractivity contribution is 0.0378. The highest BCUT2D eigenvalue weighted by atomic mass is 16.5. The van der Waals surface area contributed by atoms with Crippen LogP contribution < -0.4 is 16.0 Å². The van der Waals surface area contributed by atoms with Gasteiger partial charge in [-0.1, -0.05) is 43.5 Å². The van der Waals surface area contributed by atoms with E-state index in [1.807, 2.05) is 0 Å². The third-order valence-electron chi connectivity index (χ3n) is 7.00. The van der Waals surface area contributed by atoms with Crippen molar-refractivity contribution in [2.45, 2.75) is 63.5 Å². The maximum absolute atomic E-state index is 5.44. The average molecular weight is 452 g/mol. The SMILES string of the molecule is c1ccc2c(c1)CC(Nc1nc(NCCCN3CCOCC3)nc(NC3CCCCC3)n1)C2. The number of rotatable bonds is 9. The molecule has 1 aromatic carbocycles. The van der Waals surface area contributed by atoms with Crippen molar-refractivity contribution in [3.8, 4) is 0 Å². The van der Waals surface area contributed by atoms with Gasteiger partial charge in [-0.2, -0.15) is 15.0 Å². The van der Waals surface area contributed by atoms with E-state index >= 15 is 0 Å². The molecule has 8 nitrogen and oxygen atoms in total. The van der Waals surface area contributed by atoms with Gasteiger partial charge in [-0.15, -0.1) is 0 Å². The van der Waals surface area contributed by atoms with Crippen LogP contribution in [0, 0.1) is 0 Å². The maximum Gasteiger partial charge on any atom is 0.229 e. The van der Waals surface area contributed by atoms with Gasteiger partial charge in [0.2, 0.25) is 17.8 Å². The Morgan fingerprint density at radius 2 is 1.45 bits per heavy atom. The molecule has 1 saturated heterocycles. The van der Waals surface area contributed by atoms with Crippen LogP contribution in [0.1, 0.15) is 49.7 Å². The molecule has 0 amide bonds. The van der Waals surface area contributed by atoms with E-state index in [4.69, 9.17) is 19.7 Å². The molecular formula is C25H37N7O. The average Bonchev–Trinajstić information content (AvgIpc) is 3.25. The first-order valence-electron chi connectivity index (χ1n) is 12.7. The summed E-state index contributed by atoms with van der Waals surface area (Å²) in [6.07, 6.45) is 9.34. The zero-order chi connectivity index (χ0) is 22.3. The summed E-state index contributed by atoms with van der Waals surface area (Å²) in [5.74, 6) is 2.01. The standard InChI is InChI=1S/C25H37N7O/c1-2-9-21(10-3-1)27-24-29-23(26-11-6-12-32-13-15-33-16-14-32)30-25(31-24)28-22-17-19-7-4-5-8-20(19)18-22/h4-5,7-8,21-22H,1-3,6,9-18H2,(H3,26,27,28,29,30,31). The highest BCUT2D eigenvalue weighted by Crippen LogP contribution is 2.25. The highest BCUT2D eigenvalue weighted by Gasteiger charge is 2.22. The largest absolute Gasteiger partial charge is 0.379 e. The topological polar surface area (TPSA) is 87.2 Å². The molecule has 2 fully saturated rings. The number of aromatic nitrogens is 3. The minimum atomic E-state index is 0.321. The number of nitrogens with zero attached hydrogens (tertiary/aromatic N) is 4.